The van der Waals surface area contributed by atoms with Gasteiger partial charge in [-0.3, -0.25) is 9.52 Å². The fraction of sp³-hybridized carbons (Fsp3) is 0.148. The molecule has 0 unspecified atom stereocenters. The number of carbonyl (C=O) groups excluding carboxylic acids is 1. The second-order valence-electron chi connectivity index (χ2n) is 9.02. The van der Waals surface area contributed by atoms with Crippen LogP contribution >= 0.6 is 11.6 Å². The maximum Gasteiger partial charge on any atom is 0.257 e. The van der Waals surface area contributed by atoms with Gasteiger partial charge < -0.3 is 25.1 Å². The summed E-state index contributed by atoms with van der Waals surface area (Å²) >= 11 is 6.13. The van der Waals surface area contributed by atoms with E-state index < -0.39 is 21.7 Å². The third kappa shape index (κ3) is 6.27. The van der Waals surface area contributed by atoms with Crippen LogP contribution in [0.5, 0.6) is 11.5 Å². The first-order chi connectivity index (χ1) is 18.5. The minimum absolute atomic E-state index is 0.0745. The van der Waals surface area contributed by atoms with Gasteiger partial charge in [0.2, 0.25) is 10.0 Å². The van der Waals surface area contributed by atoms with E-state index in [4.69, 9.17) is 26.8 Å². The van der Waals surface area contributed by atoms with Gasteiger partial charge in [0.25, 0.3) is 5.91 Å². The number of hydrogen-bond donors (Lipinski definition) is 3. The highest BCUT2D eigenvalue weighted by atomic mass is 35.5. The first-order valence-electron chi connectivity index (χ1n) is 11.8. The number of sulfonamides is 1. The van der Waals surface area contributed by atoms with E-state index in [0.717, 1.165) is 6.26 Å². The molecule has 1 amide bonds. The lowest BCUT2D eigenvalue weighted by molar-refractivity contribution is 0.102. The van der Waals surface area contributed by atoms with E-state index in [1.807, 2.05) is 10.6 Å². The predicted octanol–water partition coefficient (Wildman–Crippen LogP) is 5.13. The Morgan fingerprint density at radius 3 is 2.72 bits per heavy atom. The number of amides is 1. The summed E-state index contributed by atoms with van der Waals surface area (Å²) in [5.41, 5.74) is 8.89. The summed E-state index contributed by atoms with van der Waals surface area (Å²) in [6, 6.07) is 15.8. The molecule has 0 bridgehead atoms. The van der Waals surface area contributed by atoms with Crippen LogP contribution in [0, 0.1) is 5.82 Å². The number of fused-ring (bicyclic) bond motifs is 3. The SMILES string of the molecule is CS(=O)(=O)Nc1cc(Cl)cc(NC(=O)c2cc3n(c2)CCOc2cccc(OCc4cc(N)cc(F)c4)c2-3)c1. The van der Waals surface area contributed by atoms with Gasteiger partial charge in [-0.1, -0.05) is 17.7 Å². The molecule has 0 saturated heterocycles. The minimum atomic E-state index is -3.53. The average molecular weight is 571 g/mol. The Hall–Kier alpha value is -4.22. The van der Waals surface area contributed by atoms with Crippen LogP contribution in [0.15, 0.2) is 66.9 Å². The first-order valence-corrected chi connectivity index (χ1v) is 14.0. The largest absolute Gasteiger partial charge is 0.491 e. The monoisotopic (exact) mass is 570 g/mol. The van der Waals surface area contributed by atoms with Gasteiger partial charge in [-0.05, 0) is 60.2 Å². The summed E-state index contributed by atoms with van der Waals surface area (Å²) in [6.07, 6.45) is 2.72. The van der Waals surface area contributed by atoms with Gasteiger partial charge in [0.1, 0.15) is 30.5 Å². The Labute approximate surface area is 229 Å². The number of carbonyl (C=O) groups is 1. The molecular weight excluding hydrogens is 547 g/mol. The highest BCUT2D eigenvalue weighted by Crippen LogP contribution is 2.41. The van der Waals surface area contributed by atoms with E-state index in [0.29, 0.717) is 58.4 Å². The molecule has 4 aromatic rings. The van der Waals surface area contributed by atoms with Gasteiger partial charge in [0.15, 0.2) is 0 Å². The number of anilines is 3. The second kappa shape index (κ2) is 10.5. The zero-order chi connectivity index (χ0) is 27.7. The number of nitrogens with zero attached hydrogens (tertiary/aromatic N) is 1. The summed E-state index contributed by atoms with van der Waals surface area (Å²) in [6.45, 7) is 0.927. The number of halogens is 2. The molecule has 0 atom stereocenters. The van der Waals surface area contributed by atoms with Crippen molar-refractivity contribution in [3.63, 3.8) is 0 Å². The highest BCUT2D eigenvalue weighted by molar-refractivity contribution is 7.92. The topological polar surface area (TPSA) is 125 Å². The highest BCUT2D eigenvalue weighted by Gasteiger charge is 2.23. The predicted molar refractivity (Wildman–Crippen MR) is 148 cm³/mol. The molecule has 202 valence electrons. The van der Waals surface area contributed by atoms with Crippen LogP contribution in [0.1, 0.15) is 15.9 Å². The van der Waals surface area contributed by atoms with Crippen LogP contribution in [-0.2, 0) is 23.2 Å². The Morgan fingerprint density at radius 2 is 1.95 bits per heavy atom. The van der Waals surface area contributed by atoms with Gasteiger partial charge in [0, 0.05) is 22.6 Å². The van der Waals surface area contributed by atoms with Crippen LogP contribution in [0.25, 0.3) is 11.3 Å². The molecule has 39 heavy (non-hydrogen) atoms. The number of benzene rings is 3. The molecule has 3 aromatic carbocycles. The van der Waals surface area contributed by atoms with Crippen LogP contribution in [0.4, 0.5) is 21.5 Å². The lowest BCUT2D eigenvalue weighted by Gasteiger charge is -2.14. The van der Waals surface area contributed by atoms with E-state index in [1.54, 1.807) is 30.5 Å². The molecular formula is C27H24ClFN4O5S. The molecule has 1 aliphatic heterocycles. The molecule has 0 spiro atoms. The summed E-state index contributed by atoms with van der Waals surface area (Å²) in [7, 11) is -3.53. The maximum absolute atomic E-state index is 13.8. The van der Waals surface area contributed by atoms with Crippen molar-refractivity contribution in [3.8, 4) is 22.8 Å². The number of ether oxygens (including phenoxy) is 2. The van der Waals surface area contributed by atoms with Gasteiger partial charge in [0.05, 0.1) is 35.3 Å². The van der Waals surface area contributed by atoms with E-state index in [1.165, 1.54) is 30.3 Å². The fourth-order valence-electron chi connectivity index (χ4n) is 4.35. The Kier molecular flexibility index (Phi) is 7.11. The van der Waals surface area contributed by atoms with Crippen LogP contribution in [0.2, 0.25) is 5.02 Å². The van der Waals surface area contributed by atoms with Crippen LogP contribution in [0.3, 0.4) is 0 Å². The Morgan fingerprint density at radius 1 is 1.15 bits per heavy atom. The van der Waals surface area contributed by atoms with E-state index >= 15 is 0 Å². The smallest absolute Gasteiger partial charge is 0.257 e. The van der Waals surface area contributed by atoms with E-state index in [9.17, 15) is 17.6 Å². The fourth-order valence-corrected chi connectivity index (χ4v) is 5.13. The van der Waals surface area contributed by atoms with Crippen molar-refractivity contribution in [1.82, 2.24) is 4.57 Å². The molecule has 1 aliphatic rings. The number of nitrogens with two attached hydrogens (primary N) is 1. The van der Waals surface area contributed by atoms with Crippen molar-refractivity contribution in [3.05, 3.63) is 88.8 Å². The van der Waals surface area contributed by atoms with Gasteiger partial charge in [-0.2, -0.15) is 0 Å². The normalized spacial score (nSPS) is 12.5. The molecule has 1 aromatic heterocycles. The lowest BCUT2D eigenvalue weighted by Crippen LogP contribution is -2.13. The van der Waals surface area contributed by atoms with Crippen LogP contribution < -0.4 is 25.2 Å². The zero-order valence-corrected chi connectivity index (χ0v) is 22.3. The second-order valence-corrected chi connectivity index (χ2v) is 11.2. The molecule has 0 saturated carbocycles. The summed E-state index contributed by atoms with van der Waals surface area (Å²) in [5, 5.41) is 3.01. The van der Waals surface area contributed by atoms with Crippen molar-refractivity contribution in [2.24, 2.45) is 0 Å². The zero-order valence-electron chi connectivity index (χ0n) is 20.7. The maximum atomic E-state index is 13.8. The standard InChI is InChI=1S/C27H24ClFN4O5S/c1-39(35,36)32-22-11-18(28)10-21(13-22)31-27(34)17-9-23-26-24(37-6-5-33(23)14-17)3-2-4-25(26)38-15-16-7-19(29)12-20(30)8-16/h2-4,7-14,32H,5-6,15,30H2,1H3,(H,31,34). The quantitative estimate of drug-likeness (QED) is 0.265. The number of nitrogens with one attached hydrogen (secondary N) is 2. The molecule has 0 fully saturated rings. The number of nitrogen functional groups attached to an aromatic ring is 1. The van der Waals surface area contributed by atoms with Crippen molar-refractivity contribution in [2.75, 3.05) is 28.6 Å². The molecule has 12 heteroatoms. The van der Waals surface area contributed by atoms with Crippen molar-refractivity contribution in [2.45, 2.75) is 13.2 Å². The Bertz CT molecular complexity index is 1670. The van der Waals surface area contributed by atoms with Crippen molar-refractivity contribution < 1.29 is 27.1 Å². The molecule has 0 radical (unpaired) electrons. The minimum Gasteiger partial charge on any atom is -0.491 e. The van der Waals surface area contributed by atoms with Crippen molar-refractivity contribution >= 4 is 44.6 Å². The Balaban J connectivity index is 1.43. The number of hydrogen-bond acceptors (Lipinski definition) is 6. The summed E-state index contributed by atoms with van der Waals surface area (Å²) < 4.78 is 53.2. The number of rotatable bonds is 7. The summed E-state index contributed by atoms with van der Waals surface area (Å²) in [5.74, 6) is 0.211. The van der Waals surface area contributed by atoms with E-state index in [-0.39, 0.29) is 17.3 Å². The molecule has 4 N–H and O–H groups in total. The third-order valence-electron chi connectivity index (χ3n) is 5.83. The van der Waals surface area contributed by atoms with Crippen molar-refractivity contribution in [1.29, 1.82) is 0 Å². The van der Waals surface area contributed by atoms with Gasteiger partial charge >= 0.3 is 0 Å². The lowest BCUT2D eigenvalue weighted by atomic mass is 10.1. The van der Waals surface area contributed by atoms with Gasteiger partial charge in [-0.15, -0.1) is 0 Å². The van der Waals surface area contributed by atoms with E-state index in [2.05, 4.69) is 10.0 Å². The number of aromatic nitrogens is 1. The molecule has 5 rings (SSSR count). The van der Waals surface area contributed by atoms with Gasteiger partial charge in [-0.25, -0.2) is 12.8 Å². The molecule has 9 nitrogen and oxygen atoms in total. The van der Waals surface area contributed by atoms with Crippen LogP contribution in [-0.4, -0.2) is 31.8 Å². The average Bonchev–Trinajstić information content (AvgIpc) is 3.16. The first kappa shape index (κ1) is 26.4. The third-order valence-corrected chi connectivity index (χ3v) is 6.65. The molecule has 2 heterocycles. The summed E-state index contributed by atoms with van der Waals surface area (Å²) in [4.78, 5) is 13.2. The molecule has 0 aliphatic carbocycles.